The third-order valence-electron chi connectivity index (χ3n) is 3.53. The molecule has 5 heteroatoms. The fourth-order valence-electron chi connectivity index (χ4n) is 2.35. The Morgan fingerprint density at radius 3 is 2.48 bits per heavy atom. The minimum absolute atomic E-state index is 0.00380. The smallest absolute Gasteiger partial charge is 0.227 e. The monoisotopic (exact) mass is 290 g/mol. The van der Waals surface area contributed by atoms with E-state index in [4.69, 9.17) is 4.52 Å². The van der Waals surface area contributed by atoms with E-state index in [-0.39, 0.29) is 11.7 Å². The molecule has 0 saturated carbocycles. The van der Waals surface area contributed by atoms with Crippen molar-refractivity contribution in [2.24, 2.45) is 0 Å². The van der Waals surface area contributed by atoms with Gasteiger partial charge in [-0.05, 0) is 51.5 Å². The van der Waals surface area contributed by atoms with Crippen LogP contribution in [0.2, 0.25) is 0 Å². The zero-order chi connectivity index (χ0) is 15.4. The fraction of sp³-hybridized carbons (Fsp3) is 0.375. The molecule has 0 N–H and O–H groups in total. The summed E-state index contributed by atoms with van der Waals surface area (Å²) in [6.07, 6.45) is 0.964. The lowest BCUT2D eigenvalue weighted by Crippen LogP contribution is -2.30. The van der Waals surface area contributed by atoms with Gasteiger partial charge in [-0.3, -0.25) is 4.79 Å². The third kappa shape index (κ3) is 3.48. The van der Waals surface area contributed by atoms with Crippen molar-refractivity contribution in [1.29, 1.82) is 0 Å². The molecule has 0 spiro atoms. The van der Waals surface area contributed by atoms with Crippen molar-refractivity contribution in [3.63, 3.8) is 0 Å². The van der Waals surface area contributed by atoms with Crippen LogP contribution in [0, 0.1) is 19.7 Å². The molecule has 112 valence electrons. The normalized spacial score (nSPS) is 10.7. The fourth-order valence-corrected chi connectivity index (χ4v) is 2.35. The number of rotatable bonds is 5. The Morgan fingerprint density at radius 2 is 1.95 bits per heavy atom. The Kier molecular flexibility index (Phi) is 4.73. The molecule has 0 bridgehead atoms. The highest BCUT2D eigenvalue weighted by atomic mass is 19.1. The number of hydrogen-bond donors (Lipinski definition) is 0. The predicted molar refractivity (Wildman–Crippen MR) is 78.7 cm³/mol. The molecule has 0 fully saturated rings. The number of carbonyl (C=O) groups is 1. The van der Waals surface area contributed by atoms with E-state index in [1.165, 1.54) is 12.1 Å². The molecule has 0 radical (unpaired) electrons. The standard InChI is InChI=1S/C16H19FN2O2/c1-4-19(14-7-5-13(17)6-8-14)16(20)10-9-15-11(2)18-21-12(15)3/h5-8H,4,9-10H2,1-3H3. The number of aromatic nitrogens is 1. The molecule has 0 saturated heterocycles. The maximum absolute atomic E-state index is 13.0. The van der Waals surface area contributed by atoms with E-state index in [1.807, 2.05) is 20.8 Å². The summed E-state index contributed by atoms with van der Waals surface area (Å²) in [5.41, 5.74) is 2.52. The zero-order valence-electron chi connectivity index (χ0n) is 12.5. The van der Waals surface area contributed by atoms with E-state index in [0.717, 1.165) is 17.0 Å². The van der Waals surface area contributed by atoms with Crippen molar-refractivity contribution >= 4 is 11.6 Å². The summed E-state index contributed by atoms with van der Waals surface area (Å²) in [5.74, 6) is 0.451. The molecule has 1 heterocycles. The van der Waals surface area contributed by atoms with Crippen LogP contribution in [0.15, 0.2) is 28.8 Å². The lowest BCUT2D eigenvalue weighted by Gasteiger charge is -2.21. The van der Waals surface area contributed by atoms with Crippen molar-refractivity contribution in [3.05, 3.63) is 47.1 Å². The third-order valence-corrected chi connectivity index (χ3v) is 3.53. The second kappa shape index (κ2) is 6.52. The van der Waals surface area contributed by atoms with Crippen LogP contribution in [0.25, 0.3) is 0 Å². The number of amides is 1. The number of nitrogens with zero attached hydrogens (tertiary/aromatic N) is 2. The van der Waals surface area contributed by atoms with Gasteiger partial charge in [-0.2, -0.15) is 0 Å². The zero-order valence-corrected chi connectivity index (χ0v) is 12.5. The molecular formula is C16H19FN2O2. The first-order valence-corrected chi connectivity index (χ1v) is 7.00. The molecule has 0 unspecified atom stereocenters. The van der Waals surface area contributed by atoms with Crippen LogP contribution in [-0.4, -0.2) is 17.6 Å². The average molecular weight is 290 g/mol. The Morgan fingerprint density at radius 1 is 1.29 bits per heavy atom. The van der Waals surface area contributed by atoms with Gasteiger partial charge in [0.05, 0.1) is 5.69 Å². The van der Waals surface area contributed by atoms with E-state index in [9.17, 15) is 9.18 Å². The van der Waals surface area contributed by atoms with Gasteiger partial charge < -0.3 is 9.42 Å². The molecule has 1 aromatic heterocycles. The van der Waals surface area contributed by atoms with Gasteiger partial charge in [0.1, 0.15) is 11.6 Å². The van der Waals surface area contributed by atoms with Gasteiger partial charge in [-0.1, -0.05) is 5.16 Å². The molecule has 0 aliphatic carbocycles. The minimum atomic E-state index is -0.307. The van der Waals surface area contributed by atoms with Gasteiger partial charge in [0, 0.05) is 24.2 Å². The number of hydrogen-bond acceptors (Lipinski definition) is 3. The molecule has 4 nitrogen and oxygen atoms in total. The molecule has 0 aliphatic heterocycles. The topological polar surface area (TPSA) is 46.3 Å². The largest absolute Gasteiger partial charge is 0.361 e. The summed E-state index contributed by atoms with van der Waals surface area (Å²) in [6.45, 7) is 6.16. The van der Waals surface area contributed by atoms with Gasteiger partial charge in [0.25, 0.3) is 0 Å². The highest BCUT2D eigenvalue weighted by Crippen LogP contribution is 2.18. The molecule has 21 heavy (non-hydrogen) atoms. The summed E-state index contributed by atoms with van der Waals surface area (Å²) >= 11 is 0. The van der Waals surface area contributed by atoms with Crippen LogP contribution in [0.5, 0.6) is 0 Å². The Hall–Kier alpha value is -2.17. The van der Waals surface area contributed by atoms with Crippen molar-refractivity contribution in [2.75, 3.05) is 11.4 Å². The maximum atomic E-state index is 13.0. The second-order valence-corrected chi connectivity index (χ2v) is 4.92. The van der Waals surface area contributed by atoms with Crippen LogP contribution in [-0.2, 0) is 11.2 Å². The van der Waals surface area contributed by atoms with Gasteiger partial charge in [0.2, 0.25) is 5.91 Å². The van der Waals surface area contributed by atoms with E-state index < -0.39 is 0 Å². The van der Waals surface area contributed by atoms with Crippen molar-refractivity contribution < 1.29 is 13.7 Å². The van der Waals surface area contributed by atoms with E-state index in [0.29, 0.717) is 25.1 Å². The lowest BCUT2D eigenvalue weighted by atomic mass is 10.1. The SMILES string of the molecule is CCN(C(=O)CCc1c(C)noc1C)c1ccc(F)cc1. The molecule has 2 rings (SSSR count). The van der Waals surface area contributed by atoms with Crippen molar-refractivity contribution in [2.45, 2.75) is 33.6 Å². The molecule has 1 amide bonds. The Balaban J connectivity index is 2.05. The first kappa shape index (κ1) is 15.2. The van der Waals surface area contributed by atoms with E-state index in [2.05, 4.69) is 5.16 Å². The maximum Gasteiger partial charge on any atom is 0.227 e. The molecule has 1 aromatic carbocycles. The number of aryl methyl sites for hydroxylation is 2. The summed E-state index contributed by atoms with van der Waals surface area (Å²) < 4.78 is 18.1. The Labute approximate surface area is 123 Å². The van der Waals surface area contributed by atoms with Crippen LogP contribution in [0.3, 0.4) is 0 Å². The predicted octanol–water partition coefficient (Wildman–Crippen LogP) is 3.42. The first-order chi connectivity index (χ1) is 10.0. The van der Waals surface area contributed by atoms with E-state index >= 15 is 0 Å². The minimum Gasteiger partial charge on any atom is -0.361 e. The van der Waals surface area contributed by atoms with Gasteiger partial charge >= 0.3 is 0 Å². The summed E-state index contributed by atoms with van der Waals surface area (Å²) in [5, 5.41) is 3.89. The number of anilines is 1. The van der Waals surface area contributed by atoms with Crippen molar-refractivity contribution in [3.8, 4) is 0 Å². The first-order valence-electron chi connectivity index (χ1n) is 7.00. The highest BCUT2D eigenvalue weighted by molar-refractivity contribution is 5.93. The summed E-state index contributed by atoms with van der Waals surface area (Å²) in [6, 6.07) is 5.96. The molecule has 2 aromatic rings. The van der Waals surface area contributed by atoms with Crippen molar-refractivity contribution in [1.82, 2.24) is 5.16 Å². The lowest BCUT2D eigenvalue weighted by molar-refractivity contribution is -0.118. The van der Waals surface area contributed by atoms with Crippen LogP contribution in [0.1, 0.15) is 30.4 Å². The number of benzene rings is 1. The molecule has 0 atom stereocenters. The van der Waals surface area contributed by atoms with Crippen LogP contribution in [0.4, 0.5) is 10.1 Å². The number of carbonyl (C=O) groups excluding carboxylic acids is 1. The quantitative estimate of drug-likeness (QED) is 0.847. The highest BCUT2D eigenvalue weighted by Gasteiger charge is 2.16. The summed E-state index contributed by atoms with van der Waals surface area (Å²) in [4.78, 5) is 14.0. The summed E-state index contributed by atoms with van der Waals surface area (Å²) in [7, 11) is 0. The Bertz CT molecular complexity index is 600. The second-order valence-electron chi connectivity index (χ2n) is 4.92. The molecule has 0 aliphatic rings. The average Bonchev–Trinajstić information content (AvgIpc) is 2.78. The number of halogens is 1. The van der Waals surface area contributed by atoms with Gasteiger partial charge in [-0.15, -0.1) is 0 Å². The van der Waals surface area contributed by atoms with Crippen LogP contribution >= 0.6 is 0 Å². The van der Waals surface area contributed by atoms with Gasteiger partial charge in [0.15, 0.2) is 0 Å². The van der Waals surface area contributed by atoms with Gasteiger partial charge in [-0.25, -0.2) is 4.39 Å². The van der Waals surface area contributed by atoms with E-state index in [1.54, 1.807) is 17.0 Å². The molecular weight excluding hydrogens is 271 g/mol. The van der Waals surface area contributed by atoms with Crippen LogP contribution < -0.4 is 4.90 Å².